The maximum atomic E-state index is 14.0. The number of hydrogen-bond acceptors (Lipinski definition) is 5. The molecular weight excluding hydrogens is 586 g/mol. The Labute approximate surface area is 261 Å². The summed E-state index contributed by atoms with van der Waals surface area (Å²) in [4.78, 5) is 29.3. The summed E-state index contributed by atoms with van der Waals surface area (Å²) in [5.41, 5.74) is 3.28. The molecule has 0 saturated heterocycles. The number of methoxy groups -OCH3 is 1. The van der Waals surface area contributed by atoms with Crippen molar-refractivity contribution in [3.8, 4) is 5.75 Å². The molecule has 0 heterocycles. The fourth-order valence-electron chi connectivity index (χ4n) is 4.76. The molecule has 43 heavy (non-hydrogen) atoms. The van der Waals surface area contributed by atoms with Gasteiger partial charge in [0.05, 0.1) is 24.1 Å². The van der Waals surface area contributed by atoms with Crippen molar-refractivity contribution in [2.24, 2.45) is 5.92 Å². The molecule has 0 aliphatic rings. The highest BCUT2D eigenvalue weighted by Crippen LogP contribution is 2.30. The number of sulfonamides is 1. The molecule has 3 rings (SSSR count). The van der Waals surface area contributed by atoms with Crippen LogP contribution < -0.4 is 14.4 Å². The van der Waals surface area contributed by atoms with Gasteiger partial charge in [0.1, 0.15) is 11.8 Å². The van der Waals surface area contributed by atoms with Gasteiger partial charge in [0.25, 0.3) is 0 Å². The Hall–Kier alpha value is -3.56. The number of amides is 2. The Balaban J connectivity index is 1.89. The number of hydrogen-bond donors (Lipinski definition) is 1. The van der Waals surface area contributed by atoms with E-state index in [0.29, 0.717) is 24.4 Å². The third-order valence-corrected chi connectivity index (χ3v) is 8.62. The minimum absolute atomic E-state index is 0.0462. The highest BCUT2D eigenvalue weighted by atomic mass is 35.5. The molecule has 0 spiro atoms. The summed E-state index contributed by atoms with van der Waals surface area (Å²) in [6, 6.07) is 21.4. The average Bonchev–Trinajstić information content (AvgIpc) is 2.96. The zero-order valence-corrected chi connectivity index (χ0v) is 27.1. The topological polar surface area (TPSA) is 96.0 Å². The molecule has 0 aliphatic carbocycles. The van der Waals surface area contributed by atoms with Crippen molar-refractivity contribution >= 4 is 39.1 Å². The number of nitrogens with one attached hydrogen (secondary N) is 1. The molecule has 0 fully saturated rings. The standard InChI is InChI=1S/C33H42ClN3O5S/c1-24(2)22-35-33(39)30(20-26-13-7-6-8-14-26)36(23-27-15-10-9-12-25(27)3)32(38)16-11-19-37(43(5,40)41)28-17-18-31(42-4)29(34)21-28/h6-10,12-15,17-18,21,24,30H,11,16,19-20,22-23H2,1-5H3,(H,35,39)/t30-/m0/s1. The predicted molar refractivity (Wildman–Crippen MR) is 173 cm³/mol. The van der Waals surface area contributed by atoms with Crippen LogP contribution in [-0.4, -0.2) is 57.6 Å². The summed E-state index contributed by atoms with van der Waals surface area (Å²) in [7, 11) is -2.18. The maximum absolute atomic E-state index is 14.0. The minimum Gasteiger partial charge on any atom is -0.495 e. The number of rotatable bonds is 15. The summed E-state index contributed by atoms with van der Waals surface area (Å²) in [5, 5.41) is 3.31. The van der Waals surface area contributed by atoms with Gasteiger partial charge in [-0.2, -0.15) is 0 Å². The second-order valence-electron chi connectivity index (χ2n) is 11.1. The van der Waals surface area contributed by atoms with Crippen LogP contribution >= 0.6 is 11.6 Å². The van der Waals surface area contributed by atoms with Crippen LogP contribution in [0.5, 0.6) is 5.75 Å². The Bertz CT molecular complexity index is 1480. The Kier molecular flexibility index (Phi) is 12.5. The van der Waals surface area contributed by atoms with E-state index in [2.05, 4.69) is 5.32 Å². The molecule has 3 aromatic carbocycles. The molecule has 0 aromatic heterocycles. The summed E-state index contributed by atoms with van der Waals surface area (Å²) in [6.07, 6.45) is 1.75. The Morgan fingerprint density at radius 3 is 2.28 bits per heavy atom. The first-order valence-electron chi connectivity index (χ1n) is 14.4. The summed E-state index contributed by atoms with van der Waals surface area (Å²) < 4.78 is 31.9. The molecule has 0 unspecified atom stereocenters. The molecule has 0 bridgehead atoms. The third kappa shape index (κ3) is 10.0. The van der Waals surface area contributed by atoms with Crippen LogP contribution in [0.4, 0.5) is 5.69 Å². The lowest BCUT2D eigenvalue weighted by Crippen LogP contribution is -2.51. The zero-order chi connectivity index (χ0) is 31.6. The smallest absolute Gasteiger partial charge is 0.243 e. The van der Waals surface area contributed by atoms with Gasteiger partial charge in [0.15, 0.2) is 0 Å². The fourth-order valence-corrected chi connectivity index (χ4v) is 5.97. The summed E-state index contributed by atoms with van der Waals surface area (Å²) in [5.74, 6) is 0.228. The second-order valence-corrected chi connectivity index (χ2v) is 13.4. The van der Waals surface area contributed by atoms with E-state index < -0.39 is 16.1 Å². The zero-order valence-electron chi connectivity index (χ0n) is 25.5. The third-order valence-electron chi connectivity index (χ3n) is 7.13. The number of nitrogens with zero attached hydrogens (tertiary/aromatic N) is 2. The number of anilines is 1. The highest BCUT2D eigenvalue weighted by Gasteiger charge is 2.31. The number of ether oxygens (including phenoxy) is 1. The average molecular weight is 628 g/mol. The minimum atomic E-state index is -3.67. The fraction of sp³-hybridized carbons (Fsp3) is 0.394. The van der Waals surface area contributed by atoms with Gasteiger partial charge in [-0.05, 0) is 54.2 Å². The van der Waals surface area contributed by atoms with Crippen LogP contribution in [-0.2, 0) is 32.6 Å². The van der Waals surface area contributed by atoms with E-state index >= 15 is 0 Å². The van der Waals surface area contributed by atoms with E-state index in [1.165, 1.54) is 17.5 Å². The summed E-state index contributed by atoms with van der Waals surface area (Å²) in [6.45, 7) is 6.83. The van der Waals surface area contributed by atoms with Crippen molar-refractivity contribution in [3.63, 3.8) is 0 Å². The van der Waals surface area contributed by atoms with Gasteiger partial charge in [0.2, 0.25) is 21.8 Å². The van der Waals surface area contributed by atoms with E-state index in [9.17, 15) is 18.0 Å². The van der Waals surface area contributed by atoms with Gasteiger partial charge in [-0.15, -0.1) is 0 Å². The van der Waals surface area contributed by atoms with Crippen LogP contribution in [0.2, 0.25) is 5.02 Å². The SMILES string of the molecule is COc1ccc(N(CCCC(=O)N(Cc2ccccc2C)[C@@H](Cc2ccccc2)C(=O)NCC(C)C)S(C)(=O)=O)cc1Cl. The molecule has 0 aliphatic heterocycles. The van der Waals surface area contributed by atoms with Crippen LogP contribution in [0, 0.1) is 12.8 Å². The van der Waals surface area contributed by atoms with Crippen molar-refractivity contribution in [2.45, 2.75) is 52.6 Å². The monoisotopic (exact) mass is 627 g/mol. The molecular formula is C33H42ClN3O5S. The molecule has 3 aromatic rings. The van der Waals surface area contributed by atoms with Crippen molar-refractivity contribution in [1.82, 2.24) is 10.2 Å². The first kappa shape index (κ1) is 33.9. The van der Waals surface area contributed by atoms with Gasteiger partial charge in [-0.3, -0.25) is 13.9 Å². The van der Waals surface area contributed by atoms with Crippen molar-refractivity contribution in [3.05, 3.63) is 94.5 Å². The van der Waals surface area contributed by atoms with Crippen molar-refractivity contribution in [2.75, 3.05) is 30.8 Å². The van der Waals surface area contributed by atoms with E-state index in [-0.39, 0.29) is 48.7 Å². The van der Waals surface area contributed by atoms with Crippen LogP contribution in [0.25, 0.3) is 0 Å². The lowest BCUT2D eigenvalue weighted by atomic mass is 10.0. The number of carbonyl (C=O) groups is 2. The van der Waals surface area contributed by atoms with Gasteiger partial charge < -0.3 is 15.0 Å². The van der Waals surface area contributed by atoms with E-state index in [0.717, 1.165) is 22.9 Å². The number of benzene rings is 3. The van der Waals surface area contributed by atoms with Gasteiger partial charge in [0, 0.05) is 32.5 Å². The lowest BCUT2D eigenvalue weighted by molar-refractivity contribution is -0.141. The number of aryl methyl sites for hydroxylation is 1. The molecule has 10 heteroatoms. The van der Waals surface area contributed by atoms with Crippen LogP contribution in [0.3, 0.4) is 0 Å². The molecule has 0 saturated carbocycles. The Morgan fingerprint density at radius 1 is 1.00 bits per heavy atom. The van der Waals surface area contributed by atoms with Gasteiger partial charge in [-0.1, -0.05) is 80.0 Å². The molecule has 232 valence electrons. The molecule has 1 atom stereocenters. The van der Waals surface area contributed by atoms with E-state index in [1.54, 1.807) is 17.0 Å². The summed E-state index contributed by atoms with van der Waals surface area (Å²) >= 11 is 6.27. The predicted octanol–water partition coefficient (Wildman–Crippen LogP) is 5.62. The molecule has 1 N–H and O–H groups in total. The van der Waals surface area contributed by atoms with Crippen molar-refractivity contribution in [1.29, 1.82) is 0 Å². The highest BCUT2D eigenvalue weighted by molar-refractivity contribution is 7.92. The van der Waals surface area contributed by atoms with Crippen LogP contribution in [0.1, 0.15) is 43.4 Å². The molecule has 0 radical (unpaired) electrons. The van der Waals surface area contributed by atoms with Crippen molar-refractivity contribution < 1.29 is 22.7 Å². The van der Waals surface area contributed by atoms with Crippen LogP contribution in [0.15, 0.2) is 72.8 Å². The molecule has 8 nitrogen and oxygen atoms in total. The number of halogens is 1. The maximum Gasteiger partial charge on any atom is 0.243 e. The normalized spacial score (nSPS) is 12.1. The quantitative estimate of drug-likeness (QED) is 0.236. The number of carbonyl (C=O) groups excluding carboxylic acids is 2. The first-order chi connectivity index (χ1) is 20.4. The largest absolute Gasteiger partial charge is 0.495 e. The van der Waals surface area contributed by atoms with E-state index in [1.807, 2.05) is 75.4 Å². The Morgan fingerprint density at radius 2 is 1.67 bits per heavy atom. The van der Waals surface area contributed by atoms with E-state index in [4.69, 9.17) is 16.3 Å². The second kappa shape index (κ2) is 15.8. The molecule has 2 amide bonds. The first-order valence-corrected chi connectivity index (χ1v) is 16.6. The van der Waals surface area contributed by atoms with Gasteiger partial charge in [-0.25, -0.2) is 8.42 Å². The van der Waals surface area contributed by atoms with Gasteiger partial charge >= 0.3 is 0 Å². The lowest BCUT2D eigenvalue weighted by Gasteiger charge is -2.32.